The molecule has 0 aliphatic heterocycles. The van der Waals surface area contributed by atoms with Crippen LogP contribution in [-0.4, -0.2) is 14.5 Å². The van der Waals surface area contributed by atoms with Gasteiger partial charge in [0.1, 0.15) is 5.15 Å². The Morgan fingerprint density at radius 1 is 1.37 bits per heavy atom. The van der Waals surface area contributed by atoms with E-state index >= 15 is 0 Å². The summed E-state index contributed by atoms with van der Waals surface area (Å²) >= 11 is 11.9. The number of pyridine rings is 1. The van der Waals surface area contributed by atoms with Crippen molar-refractivity contribution in [2.45, 2.75) is 33.4 Å². The van der Waals surface area contributed by atoms with Crippen LogP contribution in [0.1, 0.15) is 31.1 Å². The lowest BCUT2D eigenvalue weighted by Gasteiger charge is -2.14. The number of hydrogen-bond acceptors (Lipinski definition) is 3. The van der Waals surface area contributed by atoms with Gasteiger partial charge in [0.25, 0.3) is 0 Å². The molecule has 0 amide bonds. The van der Waals surface area contributed by atoms with Gasteiger partial charge in [0.05, 0.1) is 24.3 Å². The van der Waals surface area contributed by atoms with Gasteiger partial charge in [0.15, 0.2) is 5.15 Å². The lowest BCUT2D eigenvalue weighted by atomic mass is 10.2. The van der Waals surface area contributed by atoms with Crippen molar-refractivity contribution < 1.29 is 0 Å². The van der Waals surface area contributed by atoms with Gasteiger partial charge in [-0.3, -0.25) is 0 Å². The molecule has 0 radical (unpaired) electrons. The second kappa shape index (κ2) is 5.80. The minimum atomic E-state index is 0.374. The molecule has 0 aliphatic carbocycles. The van der Waals surface area contributed by atoms with E-state index in [-0.39, 0.29) is 0 Å². The molecule has 0 saturated carbocycles. The van der Waals surface area contributed by atoms with Crippen LogP contribution >= 0.6 is 23.2 Å². The highest BCUT2D eigenvalue weighted by Crippen LogP contribution is 2.27. The molecule has 0 saturated heterocycles. The smallest absolute Gasteiger partial charge is 0.154 e. The molecule has 2 aromatic heterocycles. The Morgan fingerprint density at radius 3 is 2.74 bits per heavy atom. The largest absolute Gasteiger partial charge is 0.377 e. The Bertz CT molecular complexity index is 555. The van der Waals surface area contributed by atoms with Gasteiger partial charge in [-0.2, -0.15) is 0 Å². The standard InChI is InChI=1S/C13H16Cl2N4/c1-8(2)19-7-16-5-10(19)6-17-12-9(3)4-11(14)18-13(12)15/h4-5,7-8,17H,6H2,1-3H3. The zero-order chi connectivity index (χ0) is 14.0. The maximum atomic E-state index is 6.10. The average Bonchev–Trinajstić information content (AvgIpc) is 2.75. The summed E-state index contributed by atoms with van der Waals surface area (Å²) in [6.45, 7) is 6.82. The highest BCUT2D eigenvalue weighted by atomic mass is 35.5. The quantitative estimate of drug-likeness (QED) is 0.865. The number of aromatic nitrogens is 3. The summed E-state index contributed by atoms with van der Waals surface area (Å²) in [4.78, 5) is 8.21. The van der Waals surface area contributed by atoms with Crippen LogP contribution < -0.4 is 5.32 Å². The van der Waals surface area contributed by atoms with Gasteiger partial charge >= 0.3 is 0 Å². The molecule has 2 heterocycles. The molecule has 0 unspecified atom stereocenters. The zero-order valence-corrected chi connectivity index (χ0v) is 12.6. The monoisotopic (exact) mass is 298 g/mol. The molecule has 0 atom stereocenters. The van der Waals surface area contributed by atoms with Crippen molar-refractivity contribution in [1.82, 2.24) is 14.5 Å². The third-order valence-corrected chi connectivity index (χ3v) is 3.36. The van der Waals surface area contributed by atoms with Crippen LogP contribution in [0.25, 0.3) is 0 Å². The van der Waals surface area contributed by atoms with E-state index < -0.39 is 0 Å². The van der Waals surface area contributed by atoms with Gasteiger partial charge in [-0.05, 0) is 32.4 Å². The maximum absolute atomic E-state index is 6.10. The molecule has 1 N–H and O–H groups in total. The molecule has 2 rings (SSSR count). The van der Waals surface area contributed by atoms with Crippen molar-refractivity contribution in [3.63, 3.8) is 0 Å². The number of nitrogens with zero attached hydrogens (tertiary/aromatic N) is 3. The van der Waals surface area contributed by atoms with Gasteiger partial charge in [-0.25, -0.2) is 9.97 Å². The van der Waals surface area contributed by atoms with Crippen molar-refractivity contribution in [2.24, 2.45) is 0 Å². The van der Waals surface area contributed by atoms with Crippen molar-refractivity contribution in [1.29, 1.82) is 0 Å². The molecular formula is C13H16Cl2N4. The predicted molar refractivity (Wildman–Crippen MR) is 78.9 cm³/mol. The van der Waals surface area contributed by atoms with Crippen molar-refractivity contribution >= 4 is 28.9 Å². The fourth-order valence-corrected chi connectivity index (χ4v) is 2.52. The molecule has 0 aromatic carbocycles. The van der Waals surface area contributed by atoms with Crippen molar-refractivity contribution in [2.75, 3.05) is 5.32 Å². The molecule has 4 nitrogen and oxygen atoms in total. The number of halogens is 2. The third-order valence-electron chi connectivity index (χ3n) is 2.89. The Balaban J connectivity index is 2.17. The molecule has 102 valence electrons. The Hall–Kier alpha value is -1.26. The first-order chi connectivity index (χ1) is 8.99. The fourth-order valence-electron chi connectivity index (χ4n) is 1.92. The number of hydrogen-bond donors (Lipinski definition) is 1. The van der Waals surface area contributed by atoms with E-state index in [0.29, 0.717) is 22.9 Å². The summed E-state index contributed by atoms with van der Waals surface area (Å²) in [7, 11) is 0. The van der Waals surface area contributed by atoms with Crippen molar-refractivity contribution in [3.05, 3.63) is 40.2 Å². The first-order valence-corrected chi connectivity index (χ1v) is 6.82. The summed E-state index contributed by atoms with van der Waals surface area (Å²) in [5.41, 5.74) is 2.88. The SMILES string of the molecule is Cc1cc(Cl)nc(Cl)c1NCc1cncn1C(C)C. The second-order valence-electron chi connectivity index (χ2n) is 4.67. The minimum Gasteiger partial charge on any atom is -0.377 e. The Labute approximate surface area is 122 Å². The summed E-state index contributed by atoms with van der Waals surface area (Å²) in [5, 5.41) is 4.08. The summed E-state index contributed by atoms with van der Waals surface area (Å²) in [6.07, 6.45) is 3.68. The number of imidazole rings is 1. The number of aryl methyl sites for hydroxylation is 1. The molecule has 0 bridgehead atoms. The summed E-state index contributed by atoms with van der Waals surface area (Å²) < 4.78 is 2.11. The average molecular weight is 299 g/mol. The van der Waals surface area contributed by atoms with Gasteiger partial charge in [0, 0.05) is 12.2 Å². The first kappa shape index (κ1) is 14.2. The van der Waals surface area contributed by atoms with E-state index in [1.54, 1.807) is 6.07 Å². The van der Waals surface area contributed by atoms with Crippen molar-refractivity contribution in [3.8, 4) is 0 Å². The molecule has 0 aliphatic rings. The van der Waals surface area contributed by atoms with Crippen LogP contribution in [0.5, 0.6) is 0 Å². The number of anilines is 1. The van der Waals surface area contributed by atoms with Crippen LogP contribution in [-0.2, 0) is 6.54 Å². The van der Waals surface area contributed by atoms with E-state index in [1.807, 2.05) is 19.4 Å². The second-order valence-corrected chi connectivity index (χ2v) is 5.41. The van der Waals surface area contributed by atoms with Crippen LogP contribution in [0.2, 0.25) is 10.3 Å². The van der Waals surface area contributed by atoms with E-state index in [0.717, 1.165) is 16.9 Å². The Morgan fingerprint density at radius 2 is 2.11 bits per heavy atom. The normalized spacial score (nSPS) is 11.1. The summed E-state index contributed by atoms with van der Waals surface area (Å²) in [5.74, 6) is 0. The number of nitrogens with one attached hydrogen (secondary N) is 1. The van der Waals surface area contributed by atoms with E-state index in [1.165, 1.54) is 0 Å². The molecule has 0 spiro atoms. The third kappa shape index (κ3) is 3.19. The van der Waals surface area contributed by atoms with Gasteiger partial charge in [-0.15, -0.1) is 0 Å². The molecule has 0 fully saturated rings. The van der Waals surface area contributed by atoms with E-state index in [2.05, 4.69) is 33.7 Å². The van der Waals surface area contributed by atoms with Crippen LogP contribution in [0.15, 0.2) is 18.6 Å². The topological polar surface area (TPSA) is 42.7 Å². The lowest BCUT2D eigenvalue weighted by Crippen LogP contribution is -2.10. The minimum absolute atomic E-state index is 0.374. The predicted octanol–water partition coefficient (Wildman–Crippen LogP) is 4.09. The Kier molecular flexibility index (Phi) is 4.32. The molecule has 19 heavy (non-hydrogen) atoms. The summed E-state index contributed by atoms with van der Waals surface area (Å²) in [6, 6.07) is 2.16. The van der Waals surface area contributed by atoms with E-state index in [4.69, 9.17) is 23.2 Å². The molecular weight excluding hydrogens is 283 g/mol. The molecule has 2 aromatic rings. The highest BCUT2D eigenvalue weighted by molar-refractivity contribution is 6.34. The highest BCUT2D eigenvalue weighted by Gasteiger charge is 2.09. The molecule has 6 heteroatoms. The van der Waals surface area contributed by atoms with Crippen LogP contribution in [0, 0.1) is 6.92 Å². The fraction of sp³-hybridized carbons (Fsp3) is 0.385. The van der Waals surface area contributed by atoms with Gasteiger partial charge in [-0.1, -0.05) is 23.2 Å². The van der Waals surface area contributed by atoms with Crippen LogP contribution in [0.3, 0.4) is 0 Å². The zero-order valence-electron chi connectivity index (χ0n) is 11.1. The first-order valence-electron chi connectivity index (χ1n) is 6.06. The van der Waals surface area contributed by atoms with Gasteiger partial charge < -0.3 is 9.88 Å². The maximum Gasteiger partial charge on any atom is 0.154 e. The number of rotatable bonds is 4. The van der Waals surface area contributed by atoms with Gasteiger partial charge in [0.2, 0.25) is 0 Å². The lowest BCUT2D eigenvalue weighted by molar-refractivity contribution is 0.577. The van der Waals surface area contributed by atoms with E-state index in [9.17, 15) is 0 Å². The van der Waals surface area contributed by atoms with Crippen LogP contribution in [0.4, 0.5) is 5.69 Å².